The van der Waals surface area contributed by atoms with Crippen LogP contribution in [-0.2, 0) is 6.61 Å². The highest BCUT2D eigenvalue weighted by atomic mass is 16.5. The fourth-order valence-electron chi connectivity index (χ4n) is 5.38. The Morgan fingerprint density at radius 1 is 0.857 bits per heavy atom. The van der Waals surface area contributed by atoms with Crippen molar-refractivity contribution >= 4 is 16.6 Å². The van der Waals surface area contributed by atoms with Crippen LogP contribution in [0.25, 0.3) is 28.0 Å². The number of pyridine rings is 1. The minimum atomic E-state index is -0.585. The summed E-state index contributed by atoms with van der Waals surface area (Å²) < 4.78 is 19.8. The van der Waals surface area contributed by atoms with Gasteiger partial charge in [-0.2, -0.15) is 0 Å². The van der Waals surface area contributed by atoms with Gasteiger partial charge in [0.2, 0.25) is 5.88 Å². The summed E-state index contributed by atoms with van der Waals surface area (Å²) in [5.41, 5.74) is 4.19. The van der Waals surface area contributed by atoms with Gasteiger partial charge in [-0.25, -0.2) is 19.3 Å². The van der Waals surface area contributed by atoms with Crippen molar-refractivity contribution in [3.8, 4) is 28.8 Å². The quantitative estimate of drug-likeness (QED) is 0.234. The molecular formula is C33H21N5O4. The van der Waals surface area contributed by atoms with Crippen LogP contribution in [0, 0.1) is 0 Å². The summed E-state index contributed by atoms with van der Waals surface area (Å²) in [4.78, 5) is 27.2. The molecule has 9 heteroatoms. The standard InChI is InChI=1S/C33H21N5O4/c39-33-27-26(21-10-12-23(13-11-21)40-18-20-6-2-1-3-7-20)28-31-36-30(22-14-16-34-17-15-22)37-38(31)19-35-32(28)42-29(27)24-8-4-5-9-25(24)41-33/h1-17,19,26H,18H2. The van der Waals surface area contributed by atoms with Crippen molar-refractivity contribution in [2.45, 2.75) is 12.5 Å². The molecule has 1 aliphatic rings. The molecule has 8 rings (SSSR count). The summed E-state index contributed by atoms with van der Waals surface area (Å²) in [7, 11) is 0. The lowest BCUT2D eigenvalue weighted by Crippen LogP contribution is -2.22. The third-order valence-corrected chi connectivity index (χ3v) is 7.36. The van der Waals surface area contributed by atoms with Crippen molar-refractivity contribution in [1.82, 2.24) is 24.6 Å². The van der Waals surface area contributed by atoms with Gasteiger partial charge in [0.1, 0.15) is 24.3 Å². The van der Waals surface area contributed by atoms with Gasteiger partial charge in [0.05, 0.1) is 22.4 Å². The van der Waals surface area contributed by atoms with Gasteiger partial charge in [-0.05, 0) is 47.5 Å². The highest BCUT2D eigenvalue weighted by Gasteiger charge is 2.37. The van der Waals surface area contributed by atoms with E-state index in [0.717, 1.165) is 16.7 Å². The average molecular weight is 552 g/mol. The Kier molecular flexibility index (Phi) is 5.53. The Hall–Kier alpha value is -5.83. The van der Waals surface area contributed by atoms with E-state index in [1.165, 1.54) is 0 Å². The molecule has 9 nitrogen and oxygen atoms in total. The SMILES string of the molecule is O=c1oc2ccccc2c2c1C(c1ccc(OCc3ccccc3)cc1)c1c(ncn3nc(-c4ccncc4)nc13)O2. The van der Waals surface area contributed by atoms with Gasteiger partial charge in [0.15, 0.2) is 17.2 Å². The van der Waals surface area contributed by atoms with Crippen LogP contribution in [0.3, 0.4) is 0 Å². The summed E-state index contributed by atoms with van der Waals surface area (Å²) in [6, 6.07) is 28.7. The van der Waals surface area contributed by atoms with Crippen molar-refractivity contribution < 1.29 is 13.9 Å². The Bertz CT molecular complexity index is 2140. The van der Waals surface area contributed by atoms with Gasteiger partial charge in [-0.3, -0.25) is 4.98 Å². The number of rotatable bonds is 5. The van der Waals surface area contributed by atoms with Crippen LogP contribution in [0.4, 0.5) is 0 Å². The van der Waals surface area contributed by atoms with Gasteiger partial charge in [0.25, 0.3) is 0 Å². The first-order chi connectivity index (χ1) is 20.7. The Morgan fingerprint density at radius 2 is 1.64 bits per heavy atom. The molecule has 42 heavy (non-hydrogen) atoms. The molecule has 0 saturated carbocycles. The fraction of sp³-hybridized carbons (Fsp3) is 0.0606. The van der Waals surface area contributed by atoms with E-state index in [1.807, 2.05) is 84.9 Å². The van der Waals surface area contributed by atoms with Crippen molar-refractivity contribution in [3.63, 3.8) is 0 Å². The van der Waals surface area contributed by atoms with E-state index in [9.17, 15) is 4.79 Å². The lowest BCUT2D eigenvalue weighted by atomic mass is 9.84. The number of fused-ring (bicyclic) bond motifs is 6. The molecule has 1 unspecified atom stereocenters. The molecule has 4 aromatic heterocycles. The minimum absolute atomic E-state index is 0.355. The fourth-order valence-corrected chi connectivity index (χ4v) is 5.38. The first kappa shape index (κ1) is 24.0. The zero-order valence-corrected chi connectivity index (χ0v) is 22.0. The third kappa shape index (κ3) is 3.98. The zero-order valence-electron chi connectivity index (χ0n) is 22.0. The second-order valence-corrected chi connectivity index (χ2v) is 9.91. The lowest BCUT2D eigenvalue weighted by molar-refractivity contribution is 0.306. The van der Waals surface area contributed by atoms with Crippen LogP contribution in [0.15, 0.2) is 119 Å². The highest BCUT2D eigenvalue weighted by Crippen LogP contribution is 2.49. The summed E-state index contributed by atoms with van der Waals surface area (Å²) >= 11 is 0. The van der Waals surface area contributed by atoms with Crippen molar-refractivity contribution in [3.05, 3.63) is 142 Å². The molecule has 0 amide bonds. The highest BCUT2D eigenvalue weighted by molar-refractivity contribution is 5.87. The average Bonchev–Trinajstić information content (AvgIpc) is 3.49. The van der Waals surface area contributed by atoms with E-state index in [2.05, 4.69) is 15.1 Å². The number of hydrogen-bond acceptors (Lipinski definition) is 8. The molecule has 5 heterocycles. The lowest BCUT2D eigenvalue weighted by Gasteiger charge is -2.27. The monoisotopic (exact) mass is 551 g/mol. The molecule has 1 aliphatic heterocycles. The van der Waals surface area contributed by atoms with Crippen molar-refractivity contribution in [2.75, 3.05) is 0 Å². The number of para-hydroxylation sites is 1. The molecule has 0 N–H and O–H groups in total. The Labute approximate surface area is 238 Å². The van der Waals surface area contributed by atoms with Gasteiger partial charge >= 0.3 is 5.63 Å². The van der Waals surface area contributed by atoms with Crippen molar-refractivity contribution in [2.24, 2.45) is 0 Å². The molecule has 202 valence electrons. The van der Waals surface area contributed by atoms with E-state index < -0.39 is 11.5 Å². The van der Waals surface area contributed by atoms with E-state index in [-0.39, 0.29) is 0 Å². The number of hydrogen-bond donors (Lipinski definition) is 0. The van der Waals surface area contributed by atoms with Crippen molar-refractivity contribution in [1.29, 1.82) is 0 Å². The third-order valence-electron chi connectivity index (χ3n) is 7.36. The largest absolute Gasteiger partial charge is 0.489 e. The molecule has 0 saturated heterocycles. The predicted molar refractivity (Wildman–Crippen MR) is 155 cm³/mol. The molecule has 7 aromatic rings. The van der Waals surface area contributed by atoms with Crippen LogP contribution in [-0.4, -0.2) is 24.6 Å². The van der Waals surface area contributed by atoms with E-state index >= 15 is 0 Å². The van der Waals surface area contributed by atoms with E-state index in [1.54, 1.807) is 29.3 Å². The van der Waals surface area contributed by atoms with E-state index in [0.29, 0.717) is 57.6 Å². The molecule has 0 bridgehead atoms. The van der Waals surface area contributed by atoms with Gasteiger partial charge < -0.3 is 13.9 Å². The first-order valence-electron chi connectivity index (χ1n) is 13.4. The van der Waals surface area contributed by atoms with Gasteiger partial charge in [0, 0.05) is 18.0 Å². The number of benzene rings is 3. The smallest absolute Gasteiger partial charge is 0.344 e. The normalized spacial score (nSPS) is 13.9. The van der Waals surface area contributed by atoms with Crippen LogP contribution in [0.2, 0.25) is 0 Å². The predicted octanol–water partition coefficient (Wildman–Crippen LogP) is 6.16. The molecular weight excluding hydrogens is 530 g/mol. The zero-order chi connectivity index (χ0) is 28.0. The maximum Gasteiger partial charge on any atom is 0.344 e. The summed E-state index contributed by atoms with van der Waals surface area (Å²) in [5.74, 6) is 1.41. The second-order valence-electron chi connectivity index (χ2n) is 9.91. The molecule has 0 fully saturated rings. The van der Waals surface area contributed by atoms with Crippen LogP contribution in [0.1, 0.15) is 28.2 Å². The van der Waals surface area contributed by atoms with Crippen LogP contribution < -0.4 is 15.1 Å². The first-order valence-corrected chi connectivity index (χ1v) is 13.4. The second kappa shape index (κ2) is 9.67. The van der Waals surface area contributed by atoms with Gasteiger partial charge in [-0.15, -0.1) is 5.10 Å². The maximum atomic E-state index is 13.6. The number of nitrogens with zero attached hydrogens (tertiary/aromatic N) is 5. The van der Waals surface area contributed by atoms with Crippen LogP contribution >= 0.6 is 0 Å². The maximum absolute atomic E-state index is 13.6. The Morgan fingerprint density at radius 3 is 2.48 bits per heavy atom. The molecule has 1 atom stereocenters. The molecule has 0 radical (unpaired) electrons. The topological polar surface area (TPSA) is 105 Å². The molecule has 0 aliphatic carbocycles. The molecule has 0 spiro atoms. The molecule has 3 aromatic carbocycles. The van der Waals surface area contributed by atoms with Gasteiger partial charge in [-0.1, -0.05) is 54.6 Å². The Balaban J connectivity index is 1.29. The van der Waals surface area contributed by atoms with E-state index in [4.69, 9.17) is 18.9 Å². The summed E-state index contributed by atoms with van der Waals surface area (Å²) in [6.07, 6.45) is 4.95. The van der Waals surface area contributed by atoms with Crippen LogP contribution in [0.5, 0.6) is 17.4 Å². The minimum Gasteiger partial charge on any atom is -0.489 e. The number of ether oxygens (including phenoxy) is 2. The summed E-state index contributed by atoms with van der Waals surface area (Å²) in [5, 5.41) is 5.34. The number of aromatic nitrogens is 5. The summed E-state index contributed by atoms with van der Waals surface area (Å²) in [6.45, 7) is 0.445.